The molecular weight excluding hydrogens is 404 g/mol. The first-order valence-corrected chi connectivity index (χ1v) is 11.2. The average molecular weight is 439 g/mol. The Bertz CT molecular complexity index is 704. The topological polar surface area (TPSA) is 66.1 Å². The molecule has 0 aromatic heterocycles. The third-order valence-electron chi connectivity index (χ3n) is 6.28. The summed E-state index contributed by atoms with van der Waals surface area (Å²) in [6.45, 7) is 8.97. The van der Waals surface area contributed by atoms with Gasteiger partial charge in [0.2, 0.25) is 0 Å². The molecule has 2 aliphatic heterocycles. The van der Waals surface area contributed by atoms with Crippen molar-refractivity contribution < 1.29 is 14.3 Å². The lowest BCUT2D eigenvalue weighted by Gasteiger charge is -2.39. The first-order chi connectivity index (χ1) is 14.4. The van der Waals surface area contributed by atoms with Gasteiger partial charge in [-0.1, -0.05) is 11.6 Å². The molecule has 168 valence electrons. The molecule has 2 amide bonds. The minimum atomic E-state index is -0.257. The molecule has 0 saturated carbocycles. The fourth-order valence-corrected chi connectivity index (χ4v) is 4.56. The van der Waals surface area contributed by atoms with E-state index in [0.29, 0.717) is 24.8 Å². The molecule has 8 heteroatoms. The summed E-state index contributed by atoms with van der Waals surface area (Å²) in [6, 6.07) is 5.63. The number of halogens is 1. The Kier molecular flexibility index (Phi) is 8.22. The predicted octanol–water partition coefficient (Wildman–Crippen LogP) is 2.33. The van der Waals surface area contributed by atoms with Gasteiger partial charge >= 0.3 is 6.03 Å². The fourth-order valence-electron chi connectivity index (χ4n) is 4.39. The number of nitrogens with zero attached hydrogens (tertiary/aromatic N) is 2. The third-order valence-corrected chi connectivity index (χ3v) is 6.51. The molecule has 1 unspecified atom stereocenters. The highest BCUT2D eigenvalue weighted by Gasteiger charge is 2.37. The van der Waals surface area contributed by atoms with Crippen LogP contribution in [-0.2, 0) is 10.2 Å². The van der Waals surface area contributed by atoms with Crippen LogP contribution in [0.15, 0.2) is 18.2 Å². The number of benzene rings is 1. The summed E-state index contributed by atoms with van der Waals surface area (Å²) in [5.41, 5.74) is 0.776. The summed E-state index contributed by atoms with van der Waals surface area (Å²) >= 11 is 6.29. The van der Waals surface area contributed by atoms with E-state index in [1.807, 2.05) is 18.2 Å². The molecule has 0 bridgehead atoms. The Morgan fingerprint density at radius 2 is 1.97 bits per heavy atom. The minimum absolute atomic E-state index is 0.0831. The molecule has 1 atom stereocenters. The van der Waals surface area contributed by atoms with Crippen LogP contribution in [0.3, 0.4) is 0 Å². The average Bonchev–Trinajstić information content (AvgIpc) is 2.74. The van der Waals surface area contributed by atoms with Gasteiger partial charge in [0.15, 0.2) is 0 Å². The van der Waals surface area contributed by atoms with Crippen molar-refractivity contribution >= 4 is 17.6 Å². The SMILES string of the molecule is COc1ccc(Cl)cc1C1(CNC(=O)NC(C)CN2CCN(C)CC2)CCOCC1. The van der Waals surface area contributed by atoms with Crippen molar-refractivity contribution in [3.63, 3.8) is 0 Å². The van der Waals surface area contributed by atoms with Crippen molar-refractivity contribution in [1.82, 2.24) is 20.4 Å². The maximum absolute atomic E-state index is 12.6. The number of amides is 2. The number of nitrogens with one attached hydrogen (secondary N) is 2. The number of hydrogen-bond acceptors (Lipinski definition) is 5. The Morgan fingerprint density at radius 3 is 2.63 bits per heavy atom. The van der Waals surface area contributed by atoms with Crippen LogP contribution in [0.25, 0.3) is 0 Å². The zero-order valence-corrected chi connectivity index (χ0v) is 19.1. The second-order valence-electron chi connectivity index (χ2n) is 8.57. The Balaban J connectivity index is 1.59. The second-order valence-corrected chi connectivity index (χ2v) is 9.01. The highest BCUT2D eigenvalue weighted by atomic mass is 35.5. The number of methoxy groups -OCH3 is 1. The highest BCUT2D eigenvalue weighted by Crippen LogP contribution is 2.40. The maximum atomic E-state index is 12.6. The number of carbonyl (C=O) groups is 1. The van der Waals surface area contributed by atoms with Gasteiger partial charge in [-0.2, -0.15) is 0 Å². The van der Waals surface area contributed by atoms with E-state index < -0.39 is 0 Å². The van der Waals surface area contributed by atoms with Crippen molar-refractivity contribution in [2.24, 2.45) is 0 Å². The Morgan fingerprint density at radius 1 is 1.27 bits per heavy atom. The zero-order valence-electron chi connectivity index (χ0n) is 18.4. The molecule has 1 aromatic rings. The van der Waals surface area contributed by atoms with Crippen LogP contribution in [0.4, 0.5) is 4.79 Å². The molecule has 1 aromatic carbocycles. The normalized spacial score (nSPS) is 21.1. The summed E-state index contributed by atoms with van der Waals surface area (Å²) in [6.07, 6.45) is 1.61. The van der Waals surface area contributed by atoms with Crippen LogP contribution in [0, 0.1) is 0 Å². The summed E-state index contributed by atoms with van der Waals surface area (Å²) < 4.78 is 11.2. The van der Waals surface area contributed by atoms with Crippen molar-refractivity contribution in [3.05, 3.63) is 28.8 Å². The summed E-state index contributed by atoms with van der Waals surface area (Å²) in [5, 5.41) is 6.87. The molecule has 3 rings (SSSR count). The minimum Gasteiger partial charge on any atom is -0.496 e. The van der Waals surface area contributed by atoms with E-state index in [2.05, 4.69) is 34.4 Å². The van der Waals surface area contributed by atoms with Crippen molar-refractivity contribution in [2.75, 3.05) is 66.6 Å². The van der Waals surface area contributed by atoms with Gasteiger partial charge in [0.1, 0.15) is 5.75 Å². The van der Waals surface area contributed by atoms with Crippen LogP contribution in [0.1, 0.15) is 25.3 Å². The number of carbonyl (C=O) groups excluding carboxylic acids is 1. The molecule has 30 heavy (non-hydrogen) atoms. The van der Waals surface area contributed by atoms with Crippen LogP contribution < -0.4 is 15.4 Å². The summed E-state index contributed by atoms with van der Waals surface area (Å²) in [4.78, 5) is 17.4. The Labute approximate surface area is 185 Å². The van der Waals surface area contributed by atoms with Crippen LogP contribution in [0.5, 0.6) is 5.75 Å². The number of urea groups is 1. The standard InChI is InChI=1S/C22H35ClN4O3/c1-17(15-27-10-8-26(2)9-11-27)25-21(28)24-16-22(6-12-30-13-7-22)19-14-18(23)4-5-20(19)29-3/h4-5,14,17H,6-13,15-16H2,1-3H3,(H2,24,25,28). The zero-order chi connectivity index (χ0) is 21.6. The van der Waals surface area contributed by atoms with Gasteiger partial charge in [0, 0.05) is 74.5 Å². The largest absolute Gasteiger partial charge is 0.496 e. The van der Waals surface area contributed by atoms with Crippen LogP contribution in [0.2, 0.25) is 5.02 Å². The van der Waals surface area contributed by atoms with E-state index >= 15 is 0 Å². The monoisotopic (exact) mass is 438 g/mol. The molecule has 2 fully saturated rings. The second kappa shape index (κ2) is 10.7. The van der Waals surface area contributed by atoms with E-state index in [9.17, 15) is 4.79 Å². The molecule has 2 aliphatic rings. The van der Waals surface area contributed by atoms with Gasteiger partial charge in [0.05, 0.1) is 7.11 Å². The number of piperazine rings is 1. The maximum Gasteiger partial charge on any atom is 0.315 e. The molecule has 0 radical (unpaired) electrons. The molecule has 0 spiro atoms. The van der Waals surface area contributed by atoms with Crippen molar-refractivity contribution in [3.8, 4) is 5.75 Å². The summed E-state index contributed by atoms with van der Waals surface area (Å²) in [7, 11) is 3.81. The fraction of sp³-hybridized carbons (Fsp3) is 0.682. The van der Waals surface area contributed by atoms with Crippen molar-refractivity contribution in [2.45, 2.75) is 31.2 Å². The van der Waals surface area contributed by atoms with Gasteiger partial charge in [-0.15, -0.1) is 0 Å². The van der Waals surface area contributed by atoms with E-state index in [-0.39, 0.29) is 17.5 Å². The summed E-state index contributed by atoms with van der Waals surface area (Å²) in [5.74, 6) is 0.798. The number of ether oxygens (including phenoxy) is 2. The molecule has 0 aliphatic carbocycles. The molecule has 2 saturated heterocycles. The molecular formula is C22H35ClN4O3. The smallest absolute Gasteiger partial charge is 0.315 e. The predicted molar refractivity (Wildman–Crippen MR) is 120 cm³/mol. The number of rotatable bonds is 7. The van der Waals surface area contributed by atoms with Gasteiger partial charge in [-0.05, 0) is 45.0 Å². The van der Waals surface area contributed by atoms with E-state index in [1.54, 1.807) is 7.11 Å². The Hall–Kier alpha value is -1.54. The lowest BCUT2D eigenvalue weighted by atomic mass is 9.73. The van der Waals surface area contributed by atoms with Gasteiger partial charge in [-0.25, -0.2) is 4.79 Å². The number of likely N-dealkylation sites (N-methyl/N-ethyl adjacent to an activating group) is 1. The third kappa shape index (κ3) is 6.00. The lowest BCUT2D eigenvalue weighted by Crippen LogP contribution is -2.53. The molecule has 2 heterocycles. The molecule has 2 N–H and O–H groups in total. The van der Waals surface area contributed by atoms with Gasteiger partial charge < -0.3 is 25.0 Å². The lowest BCUT2D eigenvalue weighted by molar-refractivity contribution is 0.0498. The van der Waals surface area contributed by atoms with Crippen molar-refractivity contribution in [1.29, 1.82) is 0 Å². The van der Waals surface area contributed by atoms with E-state index in [4.69, 9.17) is 21.1 Å². The quantitative estimate of drug-likeness (QED) is 0.684. The number of hydrogen-bond donors (Lipinski definition) is 2. The molecule has 7 nitrogen and oxygen atoms in total. The van der Waals surface area contributed by atoms with Gasteiger partial charge in [0.25, 0.3) is 0 Å². The van der Waals surface area contributed by atoms with Crippen LogP contribution >= 0.6 is 11.6 Å². The van der Waals surface area contributed by atoms with Gasteiger partial charge in [-0.3, -0.25) is 4.90 Å². The van der Waals surface area contributed by atoms with E-state index in [0.717, 1.165) is 56.9 Å². The highest BCUT2D eigenvalue weighted by molar-refractivity contribution is 6.30. The van der Waals surface area contributed by atoms with E-state index in [1.165, 1.54) is 0 Å². The van der Waals surface area contributed by atoms with Crippen LogP contribution in [-0.4, -0.2) is 88.5 Å². The first kappa shape index (κ1) is 23.1. The first-order valence-electron chi connectivity index (χ1n) is 10.8.